The van der Waals surface area contributed by atoms with Gasteiger partial charge in [-0.25, -0.2) is 4.79 Å². The van der Waals surface area contributed by atoms with E-state index in [4.69, 9.17) is 0 Å². The standard InChI is InChI=1S/C14H14N4O3/c19-11-8-18(7-3-6-15-11)13-9-4-1-2-5-10(9)16-17-12(13)14(20)21/h1-2,4-5H,3,6-8H2,(H,15,19)(H,20,21). The first kappa shape index (κ1) is 13.3. The van der Waals surface area contributed by atoms with Gasteiger partial charge in [0.2, 0.25) is 5.91 Å². The molecule has 7 nitrogen and oxygen atoms in total. The molecular formula is C14H14N4O3. The average molecular weight is 286 g/mol. The van der Waals surface area contributed by atoms with Crippen molar-refractivity contribution < 1.29 is 14.7 Å². The van der Waals surface area contributed by atoms with Crippen LogP contribution in [0, 0.1) is 0 Å². The summed E-state index contributed by atoms with van der Waals surface area (Å²) in [7, 11) is 0. The molecule has 1 aromatic carbocycles. The van der Waals surface area contributed by atoms with Crippen molar-refractivity contribution in [1.82, 2.24) is 15.5 Å². The molecule has 0 saturated carbocycles. The number of hydrogen-bond acceptors (Lipinski definition) is 5. The summed E-state index contributed by atoms with van der Waals surface area (Å²) >= 11 is 0. The van der Waals surface area contributed by atoms with E-state index in [2.05, 4.69) is 15.5 Å². The lowest BCUT2D eigenvalue weighted by Crippen LogP contribution is -2.34. The fourth-order valence-corrected chi connectivity index (χ4v) is 2.50. The Bertz CT molecular complexity index is 716. The van der Waals surface area contributed by atoms with E-state index < -0.39 is 5.97 Å². The number of nitrogens with one attached hydrogen (secondary N) is 1. The summed E-state index contributed by atoms with van der Waals surface area (Å²) in [5.74, 6) is -1.27. The third-order valence-electron chi connectivity index (χ3n) is 3.42. The fourth-order valence-electron chi connectivity index (χ4n) is 2.50. The maximum absolute atomic E-state index is 11.7. The van der Waals surface area contributed by atoms with E-state index >= 15 is 0 Å². The Hall–Kier alpha value is -2.70. The van der Waals surface area contributed by atoms with Crippen LogP contribution in [-0.4, -0.2) is 46.8 Å². The molecule has 0 bridgehead atoms. The molecule has 2 heterocycles. The van der Waals surface area contributed by atoms with Crippen molar-refractivity contribution in [1.29, 1.82) is 0 Å². The van der Waals surface area contributed by atoms with Gasteiger partial charge in [-0.15, -0.1) is 10.2 Å². The number of amides is 1. The monoisotopic (exact) mass is 286 g/mol. The molecular weight excluding hydrogens is 272 g/mol. The molecule has 1 aliphatic heterocycles. The number of benzene rings is 1. The maximum Gasteiger partial charge on any atom is 0.358 e. The molecule has 1 fully saturated rings. The summed E-state index contributed by atoms with van der Waals surface area (Å²) in [5, 5.41) is 20.6. The molecule has 3 rings (SSSR count). The molecule has 1 saturated heterocycles. The van der Waals surface area contributed by atoms with Crippen LogP contribution < -0.4 is 10.2 Å². The van der Waals surface area contributed by atoms with E-state index in [1.165, 1.54) is 0 Å². The number of carboxylic acids is 1. The lowest BCUT2D eigenvalue weighted by atomic mass is 10.1. The van der Waals surface area contributed by atoms with Gasteiger partial charge in [-0.05, 0) is 12.5 Å². The molecule has 0 spiro atoms. The zero-order valence-electron chi connectivity index (χ0n) is 11.2. The number of carboxylic acid groups (broad SMARTS) is 1. The molecule has 1 aliphatic rings. The molecule has 0 atom stereocenters. The highest BCUT2D eigenvalue weighted by Crippen LogP contribution is 2.28. The van der Waals surface area contributed by atoms with E-state index in [9.17, 15) is 14.7 Å². The lowest BCUT2D eigenvalue weighted by molar-refractivity contribution is -0.119. The quantitative estimate of drug-likeness (QED) is 0.841. The number of rotatable bonds is 2. The zero-order valence-corrected chi connectivity index (χ0v) is 11.2. The Morgan fingerprint density at radius 1 is 1.29 bits per heavy atom. The Kier molecular flexibility index (Phi) is 3.39. The second kappa shape index (κ2) is 5.35. The third-order valence-corrected chi connectivity index (χ3v) is 3.42. The van der Waals surface area contributed by atoms with Crippen LogP contribution in [0.2, 0.25) is 0 Å². The van der Waals surface area contributed by atoms with Crippen LogP contribution in [0.5, 0.6) is 0 Å². The van der Waals surface area contributed by atoms with E-state index in [-0.39, 0.29) is 18.1 Å². The number of carbonyl (C=O) groups is 2. The van der Waals surface area contributed by atoms with Crippen LogP contribution >= 0.6 is 0 Å². The molecule has 7 heteroatoms. The number of hydrogen-bond donors (Lipinski definition) is 2. The number of anilines is 1. The first-order valence-electron chi connectivity index (χ1n) is 6.67. The summed E-state index contributed by atoms with van der Waals surface area (Å²) in [5.41, 5.74) is 0.954. The smallest absolute Gasteiger partial charge is 0.358 e. The molecule has 1 aromatic heterocycles. The Morgan fingerprint density at radius 2 is 2.10 bits per heavy atom. The van der Waals surface area contributed by atoms with Crippen LogP contribution in [0.25, 0.3) is 10.9 Å². The van der Waals surface area contributed by atoms with Crippen molar-refractivity contribution in [3.05, 3.63) is 30.0 Å². The van der Waals surface area contributed by atoms with Crippen molar-refractivity contribution >= 4 is 28.5 Å². The molecule has 0 aliphatic carbocycles. The van der Waals surface area contributed by atoms with Gasteiger partial charge in [0, 0.05) is 18.5 Å². The van der Waals surface area contributed by atoms with Gasteiger partial charge in [-0.3, -0.25) is 4.79 Å². The van der Waals surface area contributed by atoms with Gasteiger partial charge >= 0.3 is 5.97 Å². The molecule has 1 amide bonds. The van der Waals surface area contributed by atoms with Gasteiger partial charge in [0.15, 0.2) is 5.69 Å². The maximum atomic E-state index is 11.7. The fraction of sp³-hybridized carbons (Fsp3) is 0.286. The first-order valence-corrected chi connectivity index (χ1v) is 6.67. The predicted molar refractivity (Wildman–Crippen MR) is 76.3 cm³/mol. The number of nitrogens with zero attached hydrogens (tertiary/aromatic N) is 3. The van der Waals surface area contributed by atoms with E-state index in [1.807, 2.05) is 12.1 Å². The lowest BCUT2D eigenvalue weighted by Gasteiger charge is -2.23. The minimum absolute atomic E-state index is 0.121. The third kappa shape index (κ3) is 2.49. The predicted octanol–water partition coefficient (Wildman–Crippen LogP) is 0.654. The number of carbonyl (C=O) groups excluding carboxylic acids is 1. The topological polar surface area (TPSA) is 95.4 Å². The number of aromatic carboxylic acids is 1. The summed E-state index contributed by atoms with van der Waals surface area (Å²) in [6, 6.07) is 7.21. The number of fused-ring (bicyclic) bond motifs is 1. The van der Waals surface area contributed by atoms with Crippen LogP contribution in [0.15, 0.2) is 24.3 Å². The van der Waals surface area contributed by atoms with Crippen LogP contribution in [0.1, 0.15) is 16.9 Å². The van der Waals surface area contributed by atoms with Crippen LogP contribution in [-0.2, 0) is 4.79 Å². The Morgan fingerprint density at radius 3 is 2.90 bits per heavy atom. The summed E-state index contributed by atoms with van der Waals surface area (Å²) in [6.07, 6.45) is 0.751. The molecule has 0 radical (unpaired) electrons. The van der Waals surface area contributed by atoms with Gasteiger partial charge in [-0.1, -0.05) is 18.2 Å². The largest absolute Gasteiger partial charge is 0.476 e. The zero-order chi connectivity index (χ0) is 14.8. The highest BCUT2D eigenvalue weighted by molar-refractivity contribution is 6.03. The highest BCUT2D eigenvalue weighted by Gasteiger charge is 2.24. The van der Waals surface area contributed by atoms with Crippen LogP contribution in [0.3, 0.4) is 0 Å². The molecule has 108 valence electrons. The van der Waals surface area contributed by atoms with Gasteiger partial charge in [-0.2, -0.15) is 0 Å². The van der Waals surface area contributed by atoms with E-state index in [1.54, 1.807) is 17.0 Å². The van der Waals surface area contributed by atoms with Crippen molar-refractivity contribution in [3.8, 4) is 0 Å². The van der Waals surface area contributed by atoms with Crippen molar-refractivity contribution in [2.45, 2.75) is 6.42 Å². The highest BCUT2D eigenvalue weighted by atomic mass is 16.4. The minimum Gasteiger partial charge on any atom is -0.476 e. The summed E-state index contributed by atoms with van der Waals surface area (Å²) in [6.45, 7) is 1.30. The van der Waals surface area contributed by atoms with Crippen molar-refractivity contribution in [2.24, 2.45) is 0 Å². The average Bonchev–Trinajstić information content (AvgIpc) is 2.70. The Balaban J connectivity index is 2.19. The first-order chi connectivity index (χ1) is 10.2. The molecule has 21 heavy (non-hydrogen) atoms. The SMILES string of the molecule is O=C1CN(c2c(C(=O)O)nnc3ccccc23)CCCN1. The van der Waals surface area contributed by atoms with Crippen molar-refractivity contribution in [2.75, 3.05) is 24.5 Å². The second-order valence-electron chi connectivity index (χ2n) is 4.84. The summed E-state index contributed by atoms with van der Waals surface area (Å²) in [4.78, 5) is 25.0. The van der Waals surface area contributed by atoms with Gasteiger partial charge in [0.1, 0.15) is 0 Å². The van der Waals surface area contributed by atoms with Gasteiger partial charge in [0.25, 0.3) is 0 Å². The van der Waals surface area contributed by atoms with Crippen molar-refractivity contribution in [3.63, 3.8) is 0 Å². The molecule has 0 unspecified atom stereocenters. The minimum atomic E-state index is -1.15. The normalized spacial score (nSPS) is 15.6. The molecule has 2 aromatic rings. The summed E-state index contributed by atoms with van der Waals surface area (Å²) < 4.78 is 0. The number of aromatic nitrogens is 2. The van der Waals surface area contributed by atoms with Crippen LogP contribution in [0.4, 0.5) is 5.69 Å². The van der Waals surface area contributed by atoms with E-state index in [0.717, 1.165) is 6.42 Å². The molecule has 2 N–H and O–H groups in total. The Labute approximate surface area is 120 Å². The van der Waals surface area contributed by atoms with E-state index in [0.29, 0.717) is 29.7 Å². The van der Waals surface area contributed by atoms with Gasteiger partial charge < -0.3 is 15.3 Å². The second-order valence-corrected chi connectivity index (χ2v) is 4.84. The van der Waals surface area contributed by atoms with Gasteiger partial charge in [0.05, 0.1) is 17.7 Å².